The van der Waals surface area contributed by atoms with Gasteiger partial charge in [0.1, 0.15) is 10.9 Å². The molecule has 0 aromatic heterocycles. The van der Waals surface area contributed by atoms with Gasteiger partial charge < -0.3 is 21.1 Å². The molecule has 256 valence electrons. The molecular formula is C43H33N3O5S. The number of benzene rings is 6. The number of hydrogen-bond acceptors (Lipinski definition) is 5. The van der Waals surface area contributed by atoms with E-state index in [-0.39, 0.29) is 17.2 Å². The van der Waals surface area contributed by atoms with Crippen LogP contribution in [0, 0.1) is 0 Å². The van der Waals surface area contributed by atoms with Gasteiger partial charge in [-0.3, -0.25) is 14.4 Å². The summed E-state index contributed by atoms with van der Waals surface area (Å²) in [6.45, 7) is 0. The highest BCUT2D eigenvalue weighted by Gasteiger charge is 2.23. The Balaban J connectivity index is 1.23. The summed E-state index contributed by atoms with van der Waals surface area (Å²) in [6.07, 6.45) is 1.63. The Morgan fingerprint density at radius 2 is 1.19 bits per heavy atom. The van der Waals surface area contributed by atoms with Gasteiger partial charge in [0.2, 0.25) is 5.91 Å². The molecule has 4 N–H and O–H groups in total. The van der Waals surface area contributed by atoms with Crippen LogP contribution < -0.4 is 16.0 Å². The Labute approximate surface area is 305 Å². The minimum Gasteiger partial charge on any atom is -0.478 e. The number of anilines is 2. The van der Waals surface area contributed by atoms with Gasteiger partial charge in [0.25, 0.3) is 11.8 Å². The van der Waals surface area contributed by atoms with E-state index < -0.39 is 23.0 Å². The molecule has 0 heterocycles. The van der Waals surface area contributed by atoms with Crippen LogP contribution in [0.2, 0.25) is 0 Å². The van der Waals surface area contributed by atoms with Crippen LogP contribution in [0.15, 0.2) is 174 Å². The van der Waals surface area contributed by atoms with Gasteiger partial charge in [-0.2, -0.15) is 0 Å². The van der Waals surface area contributed by atoms with Crippen molar-refractivity contribution >= 4 is 52.9 Å². The number of thioether (sulfide) groups is 1. The zero-order valence-corrected chi connectivity index (χ0v) is 28.5. The highest BCUT2D eigenvalue weighted by atomic mass is 32.2. The van der Waals surface area contributed by atoms with Gasteiger partial charge >= 0.3 is 5.97 Å². The molecule has 0 saturated heterocycles. The molecule has 0 fully saturated rings. The van der Waals surface area contributed by atoms with Crippen LogP contribution in [0.1, 0.15) is 37.1 Å². The predicted molar refractivity (Wildman–Crippen MR) is 206 cm³/mol. The van der Waals surface area contributed by atoms with Crippen LogP contribution in [-0.4, -0.2) is 28.8 Å². The zero-order chi connectivity index (χ0) is 36.3. The third kappa shape index (κ3) is 9.29. The molecule has 3 amide bonds. The molecule has 1 atom stereocenters. The molecule has 9 heteroatoms. The molecule has 0 aliphatic carbocycles. The molecule has 6 aromatic carbocycles. The molecule has 52 heavy (non-hydrogen) atoms. The summed E-state index contributed by atoms with van der Waals surface area (Å²) in [5, 5.41) is 17.1. The first kappa shape index (κ1) is 35.1. The van der Waals surface area contributed by atoms with E-state index in [4.69, 9.17) is 0 Å². The Hall–Kier alpha value is -6.71. The Kier molecular flexibility index (Phi) is 11.3. The summed E-state index contributed by atoms with van der Waals surface area (Å²) in [5.41, 5.74) is 5.05. The van der Waals surface area contributed by atoms with E-state index >= 15 is 0 Å². The van der Waals surface area contributed by atoms with Crippen molar-refractivity contribution in [1.29, 1.82) is 0 Å². The van der Waals surface area contributed by atoms with E-state index in [1.54, 1.807) is 60.7 Å². The van der Waals surface area contributed by atoms with E-state index in [0.717, 1.165) is 22.3 Å². The minimum absolute atomic E-state index is 0.0508. The van der Waals surface area contributed by atoms with Crippen molar-refractivity contribution in [3.05, 3.63) is 192 Å². The molecule has 0 aliphatic rings. The lowest BCUT2D eigenvalue weighted by Gasteiger charge is -2.18. The lowest BCUT2D eigenvalue weighted by molar-refractivity contribution is -0.116. The van der Waals surface area contributed by atoms with Gasteiger partial charge in [-0.1, -0.05) is 109 Å². The highest BCUT2D eigenvalue weighted by molar-refractivity contribution is 8.00. The number of carboxylic acid groups (broad SMARTS) is 1. The van der Waals surface area contributed by atoms with Crippen LogP contribution in [0.5, 0.6) is 0 Å². The van der Waals surface area contributed by atoms with Crippen molar-refractivity contribution in [3.63, 3.8) is 0 Å². The third-order valence-corrected chi connectivity index (χ3v) is 9.19. The maximum atomic E-state index is 13.8. The number of rotatable bonds is 12. The maximum Gasteiger partial charge on any atom is 0.335 e. The number of hydrogen-bond donors (Lipinski definition) is 4. The van der Waals surface area contributed by atoms with Crippen LogP contribution >= 0.6 is 11.8 Å². The first-order valence-electron chi connectivity index (χ1n) is 16.3. The van der Waals surface area contributed by atoms with Crippen LogP contribution in [0.3, 0.4) is 0 Å². The second-order valence-corrected chi connectivity index (χ2v) is 12.8. The Morgan fingerprint density at radius 3 is 1.85 bits per heavy atom. The second kappa shape index (κ2) is 16.8. The quantitative estimate of drug-likeness (QED) is 0.0746. The lowest BCUT2D eigenvalue weighted by Crippen LogP contribution is -2.30. The van der Waals surface area contributed by atoms with E-state index in [1.807, 2.05) is 97.1 Å². The van der Waals surface area contributed by atoms with Crippen molar-refractivity contribution in [2.75, 3.05) is 10.6 Å². The van der Waals surface area contributed by atoms with Gasteiger partial charge in [-0.25, -0.2) is 4.79 Å². The minimum atomic E-state index is -1.05. The summed E-state index contributed by atoms with van der Waals surface area (Å²) in [5.74, 6) is -2.32. The van der Waals surface area contributed by atoms with E-state index in [1.165, 1.54) is 23.9 Å². The molecule has 8 nitrogen and oxygen atoms in total. The van der Waals surface area contributed by atoms with Crippen LogP contribution in [0.25, 0.3) is 17.2 Å². The first-order valence-corrected chi connectivity index (χ1v) is 17.2. The Morgan fingerprint density at radius 1 is 0.577 bits per heavy atom. The normalized spacial score (nSPS) is 11.6. The number of aromatic carboxylic acids is 1. The van der Waals surface area contributed by atoms with Crippen molar-refractivity contribution < 1.29 is 24.3 Å². The van der Waals surface area contributed by atoms with Gasteiger partial charge in [0, 0.05) is 21.8 Å². The van der Waals surface area contributed by atoms with Gasteiger partial charge in [0.15, 0.2) is 0 Å². The summed E-state index contributed by atoms with van der Waals surface area (Å²) in [4.78, 5) is 52.6. The highest BCUT2D eigenvalue weighted by Crippen LogP contribution is 2.37. The van der Waals surface area contributed by atoms with Gasteiger partial charge in [-0.15, -0.1) is 11.8 Å². The standard InChI is InChI=1S/C43H33N3O5S/c47-40(33-15-8-3-9-16-33)46-38(27-29-19-21-31(22-20-29)30-11-4-1-5-12-30)41(48)45-36-17-10-18-37(28-36)52-39(32-13-6-2-7-14-32)42(49)44-35-25-23-34(24-26-35)43(50)51/h1-28,39H,(H,44,49)(H,45,48)(H,46,47)(H,50,51)/b38-27+. The molecule has 1 unspecified atom stereocenters. The molecule has 0 bridgehead atoms. The van der Waals surface area contributed by atoms with Crippen LogP contribution in [0.4, 0.5) is 11.4 Å². The summed E-state index contributed by atoms with van der Waals surface area (Å²) >= 11 is 1.30. The average molecular weight is 704 g/mol. The van der Waals surface area contributed by atoms with Gasteiger partial charge in [0.05, 0.1) is 5.56 Å². The fourth-order valence-electron chi connectivity index (χ4n) is 5.30. The monoisotopic (exact) mass is 703 g/mol. The third-order valence-electron chi connectivity index (χ3n) is 7.94. The molecule has 6 aromatic rings. The first-order chi connectivity index (χ1) is 25.3. The number of carboxylic acids is 1. The molecular weight excluding hydrogens is 671 g/mol. The van der Waals surface area contributed by atoms with E-state index in [0.29, 0.717) is 21.8 Å². The summed E-state index contributed by atoms with van der Waals surface area (Å²) in [6, 6.07) is 48.6. The second-order valence-electron chi connectivity index (χ2n) is 11.6. The molecule has 0 aliphatic heterocycles. The Bertz CT molecular complexity index is 2210. The fourth-order valence-corrected chi connectivity index (χ4v) is 6.38. The molecule has 0 spiro atoms. The largest absolute Gasteiger partial charge is 0.478 e. The number of carbonyl (C=O) groups excluding carboxylic acids is 3. The van der Waals surface area contributed by atoms with Crippen molar-refractivity contribution in [1.82, 2.24) is 5.32 Å². The fraction of sp³-hybridized carbons (Fsp3) is 0.0233. The SMILES string of the molecule is O=C(Nc1cccc(SC(C(=O)Nc2ccc(C(=O)O)cc2)c2ccccc2)c1)/C(=C\c1ccc(-c2ccccc2)cc1)NC(=O)c1ccccc1. The molecule has 6 rings (SSSR count). The van der Waals surface area contributed by atoms with E-state index in [2.05, 4.69) is 16.0 Å². The smallest absolute Gasteiger partial charge is 0.335 e. The van der Waals surface area contributed by atoms with E-state index in [9.17, 15) is 24.3 Å². The van der Waals surface area contributed by atoms with Crippen molar-refractivity contribution in [2.24, 2.45) is 0 Å². The van der Waals surface area contributed by atoms with Crippen molar-refractivity contribution in [3.8, 4) is 11.1 Å². The molecule has 0 saturated carbocycles. The maximum absolute atomic E-state index is 13.8. The average Bonchev–Trinajstić information content (AvgIpc) is 3.18. The molecule has 0 radical (unpaired) electrons. The summed E-state index contributed by atoms with van der Waals surface area (Å²) in [7, 11) is 0. The van der Waals surface area contributed by atoms with Crippen molar-refractivity contribution in [2.45, 2.75) is 10.1 Å². The number of amides is 3. The zero-order valence-electron chi connectivity index (χ0n) is 27.7. The van der Waals surface area contributed by atoms with Crippen LogP contribution in [-0.2, 0) is 9.59 Å². The predicted octanol–water partition coefficient (Wildman–Crippen LogP) is 8.93. The number of carbonyl (C=O) groups is 4. The topological polar surface area (TPSA) is 125 Å². The van der Waals surface area contributed by atoms with Gasteiger partial charge in [-0.05, 0) is 82.9 Å². The number of nitrogens with one attached hydrogen (secondary N) is 3. The summed E-state index contributed by atoms with van der Waals surface area (Å²) < 4.78 is 0. The lowest BCUT2D eigenvalue weighted by atomic mass is 10.0.